The van der Waals surface area contributed by atoms with Crippen LogP contribution >= 0.6 is 0 Å². The topological polar surface area (TPSA) is 37.3 Å². The first kappa shape index (κ1) is 10.7. The Kier molecular flexibility index (Phi) is 6.94. The molecular formula is C10H14O2. The maximum atomic E-state index is 10.0. The van der Waals surface area contributed by atoms with Gasteiger partial charge in [0.05, 0.1) is 6.42 Å². The highest BCUT2D eigenvalue weighted by Crippen LogP contribution is 1.86. The molecule has 1 N–H and O–H groups in total. The second kappa shape index (κ2) is 7.79. The summed E-state index contributed by atoms with van der Waals surface area (Å²) < 4.78 is 0. The molecule has 0 amide bonds. The van der Waals surface area contributed by atoms with Crippen molar-refractivity contribution < 1.29 is 9.90 Å². The third-order valence-electron chi connectivity index (χ3n) is 1.13. The molecule has 0 heterocycles. The van der Waals surface area contributed by atoms with E-state index in [1.54, 1.807) is 12.2 Å². The molecule has 0 aromatic rings. The van der Waals surface area contributed by atoms with Crippen LogP contribution in [0.2, 0.25) is 0 Å². The summed E-state index contributed by atoms with van der Waals surface area (Å²) in [5.74, 6) is -0.802. The summed E-state index contributed by atoms with van der Waals surface area (Å²) in [7, 11) is 0. The summed E-state index contributed by atoms with van der Waals surface area (Å²) in [6, 6.07) is 0. The van der Waals surface area contributed by atoms with Crippen LogP contribution in [0.15, 0.2) is 36.5 Å². The SMILES string of the molecule is CC/C=C/C=C/C=C\CC(=O)O. The van der Waals surface area contributed by atoms with E-state index in [1.807, 2.05) is 24.3 Å². The number of carboxylic acids is 1. The van der Waals surface area contributed by atoms with E-state index < -0.39 is 5.97 Å². The van der Waals surface area contributed by atoms with E-state index in [1.165, 1.54) is 0 Å². The molecule has 0 fully saturated rings. The third kappa shape index (κ3) is 8.69. The Morgan fingerprint density at radius 1 is 1.17 bits per heavy atom. The lowest BCUT2D eigenvalue weighted by Crippen LogP contribution is -1.89. The molecule has 66 valence electrons. The molecule has 0 aliphatic heterocycles. The van der Waals surface area contributed by atoms with Crippen molar-refractivity contribution in [2.75, 3.05) is 0 Å². The molecule has 0 aromatic carbocycles. The lowest BCUT2D eigenvalue weighted by molar-refractivity contribution is -0.135. The van der Waals surface area contributed by atoms with Gasteiger partial charge in [-0.2, -0.15) is 0 Å². The normalized spacial score (nSPS) is 12.1. The fourth-order valence-corrected chi connectivity index (χ4v) is 0.590. The first-order valence-electron chi connectivity index (χ1n) is 3.97. The number of allylic oxidation sites excluding steroid dienone is 5. The second-order valence-electron chi connectivity index (χ2n) is 2.25. The quantitative estimate of drug-likeness (QED) is 0.637. The molecule has 0 rings (SSSR count). The van der Waals surface area contributed by atoms with Crippen molar-refractivity contribution in [3.8, 4) is 0 Å². The van der Waals surface area contributed by atoms with E-state index in [2.05, 4.69) is 6.92 Å². The Balaban J connectivity index is 3.52. The number of hydrogen-bond acceptors (Lipinski definition) is 1. The summed E-state index contributed by atoms with van der Waals surface area (Å²) in [5, 5.41) is 8.26. The molecule has 0 aliphatic rings. The predicted octanol–water partition coefficient (Wildman–Crippen LogP) is 2.54. The Labute approximate surface area is 72.9 Å². The van der Waals surface area contributed by atoms with Crippen molar-refractivity contribution in [3.05, 3.63) is 36.5 Å². The highest BCUT2D eigenvalue weighted by molar-refractivity contribution is 5.68. The smallest absolute Gasteiger partial charge is 0.307 e. The van der Waals surface area contributed by atoms with E-state index in [4.69, 9.17) is 5.11 Å². The molecule has 0 saturated carbocycles. The van der Waals surface area contributed by atoms with Crippen LogP contribution in [0.1, 0.15) is 19.8 Å². The monoisotopic (exact) mass is 166 g/mol. The maximum Gasteiger partial charge on any atom is 0.307 e. The number of carbonyl (C=O) groups is 1. The standard InChI is InChI=1S/C10H14O2/c1-2-3-4-5-6-7-8-9-10(11)12/h3-8H,2,9H2,1H3,(H,11,12)/b4-3+,6-5+,8-7-. The van der Waals surface area contributed by atoms with Crippen molar-refractivity contribution in [3.63, 3.8) is 0 Å². The van der Waals surface area contributed by atoms with Crippen molar-refractivity contribution >= 4 is 5.97 Å². The molecule has 0 saturated heterocycles. The summed E-state index contributed by atoms with van der Waals surface area (Å²) in [5.41, 5.74) is 0. The zero-order chi connectivity index (χ0) is 9.23. The van der Waals surface area contributed by atoms with Crippen molar-refractivity contribution in [2.24, 2.45) is 0 Å². The van der Waals surface area contributed by atoms with Gasteiger partial charge in [0, 0.05) is 0 Å². The summed E-state index contributed by atoms with van der Waals surface area (Å²) in [6.07, 6.45) is 12.1. The molecule has 0 aliphatic carbocycles. The van der Waals surface area contributed by atoms with Crippen molar-refractivity contribution in [2.45, 2.75) is 19.8 Å². The highest BCUT2D eigenvalue weighted by Gasteiger charge is 1.86. The zero-order valence-corrected chi connectivity index (χ0v) is 7.23. The molecule has 0 radical (unpaired) electrons. The summed E-state index contributed by atoms with van der Waals surface area (Å²) >= 11 is 0. The lowest BCUT2D eigenvalue weighted by atomic mass is 10.3. The van der Waals surface area contributed by atoms with Gasteiger partial charge in [-0.05, 0) is 6.42 Å². The Bertz CT molecular complexity index is 200. The van der Waals surface area contributed by atoms with Crippen LogP contribution in [0.4, 0.5) is 0 Å². The van der Waals surface area contributed by atoms with E-state index in [9.17, 15) is 4.79 Å². The molecule has 0 aromatic heterocycles. The fraction of sp³-hybridized carbons (Fsp3) is 0.300. The molecule has 0 bridgehead atoms. The number of carboxylic acid groups (broad SMARTS) is 1. The molecule has 0 unspecified atom stereocenters. The largest absolute Gasteiger partial charge is 0.481 e. The van der Waals surface area contributed by atoms with Gasteiger partial charge in [-0.15, -0.1) is 0 Å². The van der Waals surface area contributed by atoms with Crippen LogP contribution < -0.4 is 0 Å². The number of aliphatic carboxylic acids is 1. The average Bonchev–Trinajstić information content (AvgIpc) is 2.02. The van der Waals surface area contributed by atoms with Crippen LogP contribution in [-0.2, 0) is 4.79 Å². The van der Waals surface area contributed by atoms with Gasteiger partial charge < -0.3 is 5.11 Å². The minimum absolute atomic E-state index is 0.0852. The van der Waals surface area contributed by atoms with E-state index in [-0.39, 0.29) is 6.42 Å². The molecule has 0 spiro atoms. The lowest BCUT2D eigenvalue weighted by Gasteiger charge is -1.79. The minimum atomic E-state index is -0.802. The maximum absolute atomic E-state index is 10.0. The Morgan fingerprint density at radius 2 is 1.75 bits per heavy atom. The van der Waals surface area contributed by atoms with Gasteiger partial charge in [0.1, 0.15) is 0 Å². The molecule has 12 heavy (non-hydrogen) atoms. The van der Waals surface area contributed by atoms with Gasteiger partial charge >= 0.3 is 5.97 Å². The number of rotatable bonds is 5. The third-order valence-corrected chi connectivity index (χ3v) is 1.13. The minimum Gasteiger partial charge on any atom is -0.481 e. The zero-order valence-electron chi connectivity index (χ0n) is 7.23. The second-order valence-corrected chi connectivity index (χ2v) is 2.25. The molecule has 2 nitrogen and oxygen atoms in total. The van der Waals surface area contributed by atoms with Crippen molar-refractivity contribution in [1.29, 1.82) is 0 Å². The van der Waals surface area contributed by atoms with Crippen LogP contribution in [-0.4, -0.2) is 11.1 Å². The highest BCUT2D eigenvalue weighted by atomic mass is 16.4. The van der Waals surface area contributed by atoms with Crippen LogP contribution in [0.3, 0.4) is 0 Å². The predicted molar refractivity (Wildman–Crippen MR) is 50.0 cm³/mol. The van der Waals surface area contributed by atoms with Crippen LogP contribution in [0, 0.1) is 0 Å². The molecule has 0 atom stereocenters. The van der Waals surface area contributed by atoms with E-state index in [0.717, 1.165) is 6.42 Å². The first-order chi connectivity index (χ1) is 5.77. The fourth-order valence-electron chi connectivity index (χ4n) is 0.590. The van der Waals surface area contributed by atoms with Crippen LogP contribution in [0.25, 0.3) is 0 Å². The number of hydrogen-bond donors (Lipinski definition) is 1. The van der Waals surface area contributed by atoms with E-state index in [0.29, 0.717) is 0 Å². The summed E-state index contributed by atoms with van der Waals surface area (Å²) in [6.45, 7) is 2.06. The van der Waals surface area contributed by atoms with Gasteiger partial charge in [0.15, 0.2) is 0 Å². The van der Waals surface area contributed by atoms with Gasteiger partial charge in [0.2, 0.25) is 0 Å². The van der Waals surface area contributed by atoms with Gasteiger partial charge in [-0.3, -0.25) is 4.79 Å². The summed E-state index contributed by atoms with van der Waals surface area (Å²) in [4.78, 5) is 10.0. The van der Waals surface area contributed by atoms with Gasteiger partial charge in [0.25, 0.3) is 0 Å². The molecular weight excluding hydrogens is 152 g/mol. The Hall–Kier alpha value is -1.31. The van der Waals surface area contributed by atoms with Gasteiger partial charge in [-0.25, -0.2) is 0 Å². The average molecular weight is 166 g/mol. The van der Waals surface area contributed by atoms with Gasteiger partial charge in [-0.1, -0.05) is 43.4 Å². The first-order valence-corrected chi connectivity index (χ1v) is 3.97. The Morgan fingerprint density at radius 3 is 2.25 bits per heavy atom. The van der Waals surface area contributed by atoms with Crippen LogP contribution in [0.5, 0.6) is 0 Å². The molecule has 2 heteroatoms. The van der Waals surface area contributed by atoms with Crippen molar-refractivity contribution in [1.82, 2.24) is 0 Å². The van der Waals surface area contributed by atoms with E-state index >= 15 is 0 Å².